The van der Waals surface area contributed by atoms with Crippen molar-refractivity contribution in [3.63, 3.8) is 0 Å². The molecule has 0 rings (SSSR count). The van der Waals surface area contributed by atoms with Crippen molar-refractivity contribution < 1.29 is 19.8 Å². The number of aliphatic hydroxyl groups excluding tert-OH is 1. The molecular formula is C6H11NO4. The molecule has 5 heteroatoms. The van der Waals surface area contributed by atoms with Gasteiger partial charge in [0.2, 0.25) is 5.91 Å². The summed E-state index contributed by atoms with van der Waals surface area (Å²) >= 11 is 0. The SMILES string of the molecule is NC(=O)C(CCCO)C(=O)O. The summed E-state index contributed by atoms with van der Waals surface area (Å²) in [5, 5.41) is 16.7. The lowest BCUT2D eigenvalue weighted by atomic mass is 10.0. The average molecular weight is 161 g/mol. The summed E-state index contributed by atoms with van der Waals surface area (Å²) in [6, 6.07) is 0. The second-order valence-electron chi connectivity index (χ2n) is 2.16. The van der Waals surface area contributed by atoms with E-state index in [1.807, 2.05) is 0 Å². The zero-order chi connectivity index (χ0) is 8.85. The number of carboxylic acids is 1. The number of aliphatic carboxylic acids is 1. The van der Waals surface area contributed by atoms with Crippen molar-refractivity contribution in [2.45, 2.75) is 12.8 Å². The Hall–Kier alpha value is -1.10. The van der Waals surface area contributed by atoms with E-state index in [1.165, 1.54) is 0 Å². The first kappa shape index (κ1) is 9.90. The highest BCUT2D eigenvalue weighted by atomic mass is 16.4. The van der Waals surface area contributed by atoms with Gasteiger partial charge in [0, 0.05) is 6.61 Å². The van der Waals surface area contributed by atoms with Crippen molar-refractivity contribution >= 4 is 11.9 Å². The van der Waals surface area contributed by atoms with Gasteiger partial charge >= 0.3 is 5.97 Å². The maximum absolute atomic E-state index is 10.4. The summed E-state index contributed by atoms with van der Waals surface area (Å²) < 4.78 is 0. The van der Waals surface area contributed by atoms with Crippen LogP contribution in [0, 0.1) is 5.92 Å². The van der Waals surface area contributed by atoms with Gasteiger partial charge in [0.1, 0.15) is 5.92 Å². The van der Waals surface area contributed by atoms with E-state index in [9.17, 15) is 9.59 Å². The van der Waals surface area contributed by atoms with Crippen LogP contribution in [0.1, 0.15) is 12.8 Å². The van der Waals surface area contributed by atoms with Crippen LogP contribution in [0.3, 0.4) is 0 Å². The molecule has 0 heterocycles. The van der Waals surface area contributed by atoms with Crippen LogP contribution in [0.25, 0.3) is 0 Å². The molecule has 64 valence electrons. The molecule has 0 bridgehead atoms. The summed E-state index contributed by atoms with van der Waals surface area (Å²) in [6.07, 6.45) is 0.376. The zero-order valence-corrected chi connectivity index (χ0v) is 5.99. The minimum atomic E-state index is -1.23. The van der Waals surface area contributed by atoms with Crippen LogP contribution >= 0.6 is 0 Å². The summed E-state index contributed by atoms with van der Waals surface area (Å²) in [6.45, 7) is -0.128. The smallest absolute Gasteiger partial charge is 0.316 e. The van der Waals surface area contributed by atoms with Crippen molar-refractivity contribution in [2.75, 3.05) is 6.61 Å². The first-order chi connectivity index (χ1) is 5.09. The molecule has 0 aliphatic heterocycles. The molecule has 0 spiro atoms. The Bertz CT molecular complexity index is 143. The van der Waals surface area contributed by atoms with Crippen molar-refractivity contribution in [3.8, 4) is 0 Å². The Labute approximate surface area is 63.8 Å². The van der Waals surface area contributed by atoms with Gasteiger partial charge in [-0.1, -0.05) is 0 Å². The van der Waals surface area contributed by atoms with Gasteiger partial charge < -0.3 is 15.9 Å². The minimum Gasteiger partial charge on any atom is -0.481 e. The van der Waals surface area contributed by atoms with Crippen molar-refractivity contribution in [1.82, 2.24) is 0 Å². The number of aliphatic hydroxyl groups is 1. The van der Waals surface area contributed by atoms with Crippen LogP contribution in [-0.4, -0.2) is 28.7 Å². The van der Waals surface area contributed by atoms with Crippen LogP contribution in [0.5, 0.6) is 0 Å². The number of hydrogen-bond donors (Lipinski definition) is 3. The third kappa shape index (κ3) is 3.57. The van der Waals surface area contributed by atoms with Gasteiger partial charge in [0.15, 0.2) is 0 Å². The van der Waals surface area contributed by atoms with Crippen LogP contribution in [0.4, 0.5) is 0 Å². The van der Waals surface area contributed by atoms with Crippen LogP contribution in [0.2, 0.25) is 0 Å². The number of rotatable bonds is 5. The largest absolute Gasteiger partial charge is 0.481 e. The number of nitrogens with two attached hydrogens (primary N) is 1. The summed E-state index contributed by atoms with van der Waals surface area (Å²) in [4.78, 5) is 20.7. The number of carbonyl (C=O) groups excluding carboxylic acids is 1. The maximum Gasteiger partial charge on any atom is 0.316 e. The average Bonchev–Trinajstić information content (AvgIpc) is 1.87. The minimum absolute atomic E-state index is 0.0984. The molecule has 0 aromatic carbocycles. The molecule has 0 saturated heterocycles. The number of amides is 1. The zero-order valence-electron chi connectivity index (χ0n) is 5.99. The quantitative estimate of drug-likeness (QED) is 0.447. The molecule has 4 N–H and O–H groups in total. The van der Waals surface area contributed by atoms with E-state index >= 15 is 0 Å². The lowest BCUT2D eigenvalue weighted by molar-refractivity contribution is -0.146. The van der Waals surface area contributed by atoms with E-state index in [0.29, 0.717) is 0 Å². The van der Waals surface area contributed by atoms with Gasteiger partial charge in [-0.05, 0) is 12.8 Å². The topological polar surface area (TPSA) is 101 Å². The molecule has 1 unspecified atom stereocenters. The van der Waals surface area contributed by atoms with Crippen molar-refractivity contribution in [2.24, 2.45) is 11.7 Å². The van der Waals surface area contributed by atoms with Gasteiger partial charge in [0.25, 0.3) is 0 Å². The molecule has 1 atom stereocenters. The summed E-state index contributed by atoms with van der Waals surface area (Å²) in [5.74, 6) is -3.25. The lowest BCUT2D eigenvalue weighted by Gasteiger charge is -2.05. The van der Waals surface area contributed by atoms with E-state index < -0.39 is 17.8 Å². The molecule has 0 aromatic rings. The first-order valence-corrected chi connectivity index (χ1v) is 3.22. The highest BCUT2D eigenvalue weighted by molar-refractivity contribution is 5.95. The summed E-state index contributed by atoms with van der Waals surface area (Å²) in [7, 11) is 0. The fourth-order valence-corrected chi connectivity index (χ4v) is 0.683. The number of carbonyl (C=O) groups is 2. The Balaban J connectivity index is 3.90. The lowest BCUT2D eigenvalue weighted by Crippen LogP contribution is -2.30. The number of hydrogen-bond acceptors (Lipinski definition) is 3. The highest BCUT2D eigenvalue weighted by Gasteiger charge is 2.22. The Kier molecular flexibility index (Phi) is 4.21. The number of carboxylic acid groups (broad SMARTS) is 1. The van der Waals surface area contributed by atoms with E-state index in [4.69, 9.17) is 15.9 Å². The van der Waals surface area contributed by atoms with Gasteiger partial charge in [-0.2, -0.15) is 0 Å². The maximum atomic E-state index is 10.4. The molecule has 0 aliphatic carbocycles. The fraction of sp³-hybridized carbons (Fsp3) is 0.667. The van der Waals surface area contributed by atoms with E-state index in [0.717, 1.165) is 0 Å². The normalized spacial score (nSPS) is 12.5. The predicted molar refractivity (Wildman–Crippen MR) is 36.6 cm³/mol. The second kappa shape index (κ2) is 4.68. The van der Waals surface area contributed by atoms with E-state index in [-0.39, 0.29) is 19.4 Å². The van der Waals surface area contributed by atoms with Gasteiger partial charge in [-0.25, -0.2) is 0 Å². The second-order valence-corrected chi connectivity index (χ2v) is 2.16. The molecule has 5 nitrogen and oxygen atoms in total. The Morgan fingerprint density at radius 3 is 2.27 bits per heavy atom. The van der Waals surface area contributed by atoms with Crippen LogP contribution in [-0.2, 0) is 9.59 Å². The molecule has 11 heavy (non-hydrogen) atoms. The number of primary amides is 1. The molecule has 1 amide bonds. The standard InChI is InChI=1S/C6H11NO4/c7-5(9)4(6(10)11)2-1-3-8/h4,8H,1-3H2,(H2,7,9)(H,10,11). The highest BCUT2D eigenvalue weighted by Crippen LogP contribution is 2.04. The van der Waals surface area contributed by atoms with Gasteiger partial charge in [-0.3, -0.25) is 9.59 Å². The third-order valence-corrected chi connectivity index (χ3v) is 1.29. The monoisotopic (exact) mass is 161 g/mol. The van der Waals surface area contributed by atoms with Gasteiger partial charge in [-0.15, -0.1) is 0 Å². The molecule has 0 aromatic heterocycles. The molecule has 0 fully saturated rings. The van der Waals surface area contributed by atoms with E-state index in [2.05, 4.69) is 0 Å². The Morgan fingerprint density at radius 1 is 1.45 bits per heavy atom. The Morgan fingerprint density at radius 2 is 2.00 bits per heavy atom. The van der Waals surface area contributed by atoms with Crippen LogP contribution < -0.4 is 5.73 Å². The van der Waals surface area contributed by atoms with Crippen molar-refractivity contribution in [3.05, 3.63) is 0 Å². The molecule has 0 aliphatic rings. The molecular weight excluding hydrogens is 150 g/mol. The summed E-state index contributed by atoms with van der Waals surface area (Å²) in [5.41, 5.74) is 4.78. The third-order valence-electron chi connectivity index (χ3n) is 1.29. The fourth-order valence-electron chi connectivity index (χ4n) is 0.683. The van der Waals surface area contributed by atoms with E-state index in [1.54, 1.807) is 0 Å². The molecule has 0 radical (unpaired) electrons. The first-order valence-electron chi connectivity index (χ1n) is 3.22. The predicted octanol–water partition coefficient (Wildman–Crippen LogP) is -1.05. The van der Waals surface area contributed by atoms with Crippen LogP contribution in [0.15, 0.2) is 0 Å². The van der Waals surface area contributed by atoms with Crippen molar-refractivity contribution in [1.29, 1.82) is 0 Å². The molecule has 0 saturated carbocycles. The van der Waals surface area contributed by atoms with Gasteiger partial charge in [0.05, 0.1) is 0 Å².